The molecule has 0 unspecified atom stereocenters. The second-order valence-corrected chi connectivity index (χ2v) is 14.1. The average Bonchev–Trinajstić information content (AvgIpc) is 3.49. The van der Waals surface area contributed by atoms with Crippen molar-refractivity contribution in [1.82, 2.24) is 4.90 Å². The predicted molar refractivity (Wildman–Crippen MR) is 187 cm³/mol. The van der Waals surface area contributed by atoms with E-state index in [1.54, 1.807) is 0 Å². The van der Waals surface area contributed by atoms with Crippen molar-refractivity contribution in [2.75, 3.05) is 17.8 Å². The zero-order valence-electron chi connectivity index (χ0n) is 27.6. The molecule has 238 valence electrons. The van der Waals surface area contributed by atoms with Gasteiger partial charge in [0.25, 0.3) is 0 Å². The highest BCUT2D eigenvalue weighted by Gasteiger charge is 2.20. The maximum absolute atomic E-state index is 12.9. The Kier molecular flexibility index (Phi) is 16.1. The van der Waals surface area contributed by atoms with Gasteiger partial charge in [-0.05, 0) is 52.1 Å². The van der Waals surface area contributed by atoms with Crippen molar-refractivity contribution in [3.05, 3.63) is 70.8 Å². The van der Waals surface area contributed by atoms with Gasteiger partial charge in [0.1, 0.15) is 5.75 Å². The molecule has 1 heterocycles. The zero-order valence-corrected chi connectivity index (χ0v) is 28.4. The minimum absolute atomic E-state index is 0.00643. The van der Waals surface area contributed by atoms with Crippen molar-refractivity contribution < 1.29 is 9.53 Å². The van der Waals surface area contributed by atoms with Crippen molar-refractivity contribution in [1.29, 1.82) is 0 Å². The zero-order chi connectivity index (χ0) is 30.8. The largest absolute Gasteiger partial charge is 0.493 e. The number of carbonyl (C=O) groups excluding carboxylic acids is 1. The quantitative estimate of drug-likeness (QED) is 0.144. The van der Waals surface area contributed by atoms with E-state index in [2.05, 4.69) is 79.9 Å². The number of anilines is 1. The summed E-state index contributed by atoms with van der Waals surface area (Å²) in [7, 11) is 0. The first kappa shape index (κ1) is 35.1. The number of nitrogens with zero attached hydrogens (tertiary/aromatic N) is 1. The maximum atomic E-state index is 12.9. The molecule has 2 aromatic rings. The van der Waals surface area contributed by atoms with Crippen LogP contribution in [-0.2, 0) is 23.2 Å². The van der Waals surface area contributed by atoms with E-state index in [1.165, 1.54) is 94.6 Å². The van der Waals surface area contributed by atoms with Crippen molar-refractivity contribution in [2.45, 2.75) is 136 Å². The molecule has 0 aliphatic carbocycles. The summed E-state index contributed by atoms with van der Waals surface area (Å²) < 4.78 is 6.34. The van der Waals surface area contributed by atoms with E-state index in [0.29, 0.717) is 6.42 Å². The summed E-state index contributed by atoms with van der Waals surface area (Å²) in [5.41, 5.74) is 4.24. The molecule has 0 bridgehead atoms. The van der Waals surface area contributed by atoms with Crippen LogP contribution in [0, 0.1) is 0 Å². The third-order valence-corrected chi connectivity index (χ3v) is 9.00. The van der Waals surface area contributed by atoms with Gasteiger partial charge in [0.05, 0.1) is 18.9 Å². The molecule has 3 rings (SSSR count). The molecular weight excluding hydrogens is 548 g/mol. The van der Waals surface area contributed by atoms with E-state index >= 15 is 0 Å². The second kappa shape index (κ2) is 19.8. The third-order valence-electron chi connectivity index (χ3n) is 8.21. The normalized spacial score (nSPS) is 13.1. The SMILES string of the molecule is CCCCCCCCCCCCCCCCOc1cc(CC(=O)Nc2ccc(CN3C=CSC3)cc2)ccc1C(C)(C)C. The Morgan fingerprint density at radius 2 is 1.40 bits per heavy atom. The molecular formula is C38H58N2O2S. The highest BCUT2D eigenvalue weighted by Crippen LogP contribution is 2.32. The van der Waals surface area contributed by atoms with Crippen LogP contribution in [0.4, 0.5) is 5.69 Å². The molecule has 1 amide bonds. The standard InChI is InChI=1S/C38H58N2O2S/c1-5-6-7-8-9-10-11-12-13-14-15-16-17-18-26-42-36-28-33(21-24-35(36)38(2,3)4)29-37(41)39-34-22-19-32(20-23-34)30-40-25-27-43-31-40/h19-25,27-28H,5-18,26,29-31H2,1-4H3,(H,39,41). The molecule has 0 atom stereocenters. The number of nitrogens with one attached hydrogen (secondary N) is 1. The van der Waals surface area contributed by atoms with Crippen LogP contribution in [0.2, 0.25) is 0 Å². The lowest BCUT2D eigenvalue weighted by Crippen LogP contribution is -2.17. The van der Waals surface area contributed by atoms with Crippen LogP contribution in [0.1, 0.15) is 134 Å². The summed E-state index contributed by atoms with van der Waals surface area (Å²) in [4.78, 5) is 15.2. The first-order valence-corrected chi connectivity index (χ1v) is 18.1. The van der Waals surface area contributed by atoms with Gasteiger partial charge in [0, 0.05) is 18.4 Å². The molecule has 2 aromatic carbocycles. The molecule has 0 saturated heterocycles. The number of hydrogen-bond donors (Lipinski definition) is 1. The summed E-state index contributed by atoms with van der Waals surface area (Å²) in [6, 6.07) is 14.5. The third kappa shape index (κ3) is 14.3. The highest BCUT2D eigenvalue weighted by atomic mass is 32.2. The number of rotatable bonds is 21. The first-order chi connectivity index (χ1) is 20.8. The molecule has 1 aliphatic heterocycles. The summed E-state index contributed by atoms with van der Waals surface area (Å²) in [5, 5.41) is 5.19. The van der Waals surface area contributed by atoms with Crippen molar-refractivity contribution in [3.63, 3.8) is 0 Å². The number of amides is 1. The summed E-state index contributed by atoms with van der Waals surface area (Å²) >= 11 is 1.81. The molecule has 4 nitrogen and oxygen atoms in total. The van der Waals surface area contributed by atoms with Crippen LogP contribution in [0.5, 0.6) is 5.75 Å². The van der Waals surface area contributed by atoms with E-state index in [-0.39, 0.29) is 11.3 Å². The van der Waals surface area contributed by atoms with Crippen molar-refractivity contribution in [2.24, 2.45) is 0 Å². The fourth-order valence-electron chi connectivity index (χ4n) is 5.62. The van der Waals surface area contributed by atoms with Crippen molar-refractivity contribution in [3.8, 4) is 5.75 Å². The summed E-state index contributed by atoms with van der Waals surface area (Å²) in [6.45, 7) is 10.6. The Morgan fingerprint density at radius 1 is 0.814 bits per heavy atom. The van der Waals surface area contributed by atoms with Gasteiger partial charge in [-0.15, -0.1) is 11.8 Å². The van der Waals surface area contributed by atoms with Gasteiger partial charge >= 0.3 is 0 Å². The Balaban J connectivity index is 1.35. The van der Waals surface area contributed by atoms with Gasteiger partial charge in [-0.25, -0.2) is 0 Å². The lowest BCUT2D eigenvalue weighted by molar-refractivity contribution is -0.115. The lowest BCUT2D eigenvalue weighted by atomic mass is 9.85. The number of hydrogen-bond acceptors (Lipinski definition) is 4. The van der Waals surface area contributed by atoms with Crippen LogP contribution in [0.15, 0.2) is 54.1 Å². The maximum Gasteiger partial charge on any atom is 0.228 e. The number of benzene rings is 2. The molecule has 1 aliphatic rings. The van der Waals surface area contributed by atoms with Gasteiger partial charge in [0.2, 0.25) is 5.91 Å². The second-order valence-electron chi connectivity index (χ2n) is 13.3. The number of thioether (sulfide) groups is 1. The van der Waals surface area contributed by atoms with E-state index in [4.69, 9.17) is 4.74 Å². The van der Waals surface area contributed by atoms with Crippen molar-refractivity contribution >= 4 is 23.4 Å². The Labute approximate surface area is 267 Å². The van der Waals surface area contributed by atoms with Gasteiger partial charge in [-0.2, -0.15) is 0 Å². The number of unbranched alkanes of at least 4 members (excludes halogenated alkanes) is 13. The molecule has 0 spiro atoms. The predicted octanol–water partition coefficient (Wildman–Crippen LogP) is 11.0. The Morgan fingerprint density at radius 3 is 1.95 bits per heavy atom. The smallest absolute Gasteiger partial charge is 0.228 e. The fourth-order valence-corrected chi connectivity index (χ4v) is 6.34. The van der Waals surface area contributed by atoms with Crippen LogP contribution in [0.25, 0.3) is 0 Å². The van der Waals surface area contributed by atoms with Crippen LogP contribution >= 0.6 is 11.8 Å². The van der Waals surface area contributed by atoms with Crippen LogP contribution < -0.4 is 10.1 Å². The topological polar surface area (TPSA) is 41.6 Å². The van der Waals surface area contributed by atoms with Gasteiger partial charge in [0.15, 0.2) is 0 Å². The molecule has 1 N–H and O–H groups in total. The molecule has 43 heavy (non-hydrogen) atoms. The first-order valence-electron chi connectivity index (χ1n) is 17.0. The molecule has 5 heteroatoms. The number of carbonyl (C=O) groups is 1. The molecule has 0 fully saturated rings. The average molecular weight is 607 g/mol. The van der Waals surface area contributed by atoms with Crippen LogP contribution in [-0.4, -0.2) is 23.3 Å². The molecule has 0 aromatic heterocycles. The molecule has 0 radical (unpaired) electrons. The van der Waals surface area contributed by atoms with E-state index in [1.807, 2.05) is 23.9 Å². The monoisotopic (exact) mass is 606 g/mol. The van der Waals surface area contributed by atoms with Gasteiger partial charge in [-0.1, -0.05) is 135 Å². The summed E-state index contributed by atoms with van der Waals surface area (Å²) in [6.07, 6.45) is 21.4. The van der Waals surface area contributed by atoms with E-state index in [0.717, 1.165) is 42.4 Å². The minimum Gasteiger partial charge on any atom is -0.493 e. The number of ether oxygens (including phenoxy) is 1. The van der Waals surface area contributed by atoms with Crippen LogP contribution in [0.3, 0.4) is 0 Å². The van der Waals surface area contributed by atoms with Gasteiger partial charge < -0.3 is 15.0 Å². The van der Waals surface area contributed by atoms with E-state index in [9.17, 15) is 4.79 Å². The highest BCUT2D eigenvalue weighted by molar-refractivity contribution is 8.02. The lowest BCUT2D eigenvalue weighted by Gasteiger charge is -2.23. The fraction of sp³-hybridized carbons (Fsp3) is 0.605. The van der Waals surface area contributed by atoms with Gasteiger partial charge in [-0.3, -0.25) is 4.79 Å². The Bertz CT molecular complexity index is 1090. The Hall–Kier alpha value is -2.40. The van der Waals surface area contributed by atoms with E-state index < -0.39 is 0 Å². The summed E-state index contributed by atoms with van der Waals surface area (Å²) in [5.74, 6) is 1.91. The molecule has 0 saturated carbocycles. The minimum atomic E-state index is -0.0169.